The van der Waals surface area contributed by atoms with Crippen molar-refractivity contribution in [1.82, 2.24) is 9.80 Å². The molecule has 2 amide bonds. The van der Waals surface area contributed by atoms with Gasteiger partial charge in [-0.15, -0.1) is 0 Å². The molecule has 0 N–H and O–H groups in total. The van der Waals surface area contributed by atoms with Crippen molar-refractivity contribution in [2.75, 3.05) is 32.8 Å². The van der Waals surface area contributed by atoms with Gasteiger partial charge in [0.15, 0.2) is 0 Å². The Kier molecular flexibility index (Phi) is 7.63. The molecule has 6 nitrogen and oxygen atoms in total. The van der Waals surface area contributed by atoms with Gasteiger partial charge in [-0.3, -0.25) is 9.59 Å². The van der Waals surface area contributed by atoms with Crippen molar-refractivity contribution in [3.63, 3.8) is 0 Å². The number of benzene rings is 1. The first-order valence-electron chi connectivity index (χ1n) is 9.21. The number of piperazine rings is 1. The highest BCUT2D eigenvalue weighted by Crippen LogP contribution is 2.16. The third kappa shape index (κ3) is 6.17. The van der Waals surface area contributed by atoms with Gasteiger partial charge in [0.1, 0.15) is 11.5 Å². The highest BCUT2D eigenvalue weighted by Gasteiger charge is 2.23. The molecular weight excluding hydrogens is 332 g/mol. The van der Waals surface area contributed by atoms with Crippen LogP contribution >= 0.6 is 0 Å². The van der Waals surface area contributed by atoms with Crippen molar-refractivity contribution < 1.29 is 19.1 Å². The fraction of sp³-hybridized carbons (Fsp3) is 0.550. The van der Waals surface area contributed by atoms with Crippen LogP contribution in [0.1, 0.15) is 38.2 Å². The average Bonchev–Trinajstić information content (AvgIpc) is 2.64. The number of hydrogen-bond donors (Lipinski definition) is 0. The zero-order chi connectivity index (χ0) is 18.9. The second-order valence-corrected chi connectivity index (χ2v) is 6.68. The second-order valence-electron chi connectivity index (χ2n) is 6.68. The molecule has 0 unspecified atom stereocenters. The quantitative estimate of drug-likeness (QED) is 0.667. The minimum Gasteiger partial charge on any atom is -0.493 e. The highest BCUT2D eigenvalue weighted by atomic mass is 16.5. The first-order chi connectivity index (χ1) is 12.5. The largest absolute Gasteiger partial charge is 0.493 e. The van der Waals surface area contributed by atoms with E-state index in [2.05, 4.69) is 0 Å². The summed E-state index contributed by atoms with van der Waals surface area (Å²) >= 11 is 0. The Morgan fingerprint density at radius 3 is 2.08 bits per heavy atom. The maximum absolute atomic E-state index is 12.3. The van der Waals surface area contributed by atoms with Crippen molar-refractivity contribution in [3.8, 4) is 5.75 Å². The van der Waals surface area contributed by atoms with Crippen molar-refractivity contribution in [1.29, 1.82) is 0 Å². The number of rotatable bonds is 8. The number of amides is 2. The average molecular weight is 360 g/mol. The molecule has 0 radical (unpaired) electrons. The van der Waals surface area contributed by atoms with Gasteiger partial charge >= 0.3 is 0 Å². The van der Waals surface area contributed by atoms with Crippen molar-refractivity contribution in [3.05, 3.63) is 29.8 Å². The zero-order valence-corrected chi connectivity index (χ0v) is 15.7. The van der Waals surface area contributed by atoms with Crippen LogP contribution in [-0.2, 0) is 14.4 Å². The number of hydrogen-bond acceptors (Lipinski definition) is 4. The van der Waals surface area contributed by atoms with Crippen LogP contribution in [0.25, 0.3) is 0 Å². The van der Waals surface area contributed by atoms with Crippen LogP contribution in [0.5, 0.6) is 5.75 Å². The molecule has 1 fully saturated rings. The van der Waals surface area contributed by atoms with Gasteiger partial charge in [-0.2, -0.15) is 0 Å². The van der Waals surface area contributed by atoms with Crippen LogP contribution in [0.4, 0.5) is 0 Å². The summed E-state index contributed by atoms with van der Waals surface area (Å²) in [4.78, 5) is 38.8. The minimum absolute atomic E-state index is 0.000991. The van der Waals surface area contributed by atoms with Gasteiger partial charge in [-0.05, 0) is 31.9 Å². The van der Waals surface area contributed by atoms with E-state index in [1.807, 2.05) is 36.1 Å². The molecule has 0 spiro atoms. The molecule has 0 aromatic heterocycles. The van der Waals surface area contributed by atoms with Gasteiger partial charge < -0.3 is 19.3 Å². The van der Waals surface area contributed by atoms with E-state index in [1.54, 1.807) is 4.90 Å². The summed E-state index contributed by atoms with van der Waals surface area (Å²) < 4.78 is 5.72. The third-order valence-corrected chi connectivity index (χ3v) is 4.56. The summed E-state index contributed by atoms with van der Waals surface area (Å²) in [7, 11) is 0. The first kappa shape index (κ1) is 19.9. The number of ether oxygens (including phenoxy) is 1. The van der Waals surface area contributed by atoms with Crippen LogP contribution < -0.4 is 4.74 Å². The molecule has 1 saturated heterocycles. The monoisotopic (exact) mass is 360 g/mol. The van der Waals surface area contributed by atoms with E-state index in [-0.39, 0.29) is 24.0 Å². The summed E-state index contributed by atoms with van der Waals surface area (Å²) in [5.74, 6) is 0.992. The van der Waals surface area contributed by atoms with Crippen molar-refractivity contribution >= 4 is 17.6 Å². The van der Waals surface area contributed by atoms with Gasteiger partial charge in [0.05, 0.1) is 6.61 Å². The van der Waals surface area contributed by atoms with E-state index in [9.17, 15) is 14.4 Å². The van der Waals surface area contributed by atoms with Crippen LogP contribution in [0.2, 0.25) is 0 Å². The number of Topliss-reactive ketones (excluding diaryl/α,β-unsaturated/α-hetero) is 1. The van der Waals surface area contributed by atoms with E-state index < -0.39 is 0 Å². The lowest BCUT2D eigenvalue weighted by atomic mass is 10.2. The van der Waals surface area contributed by atoms with Gasteiger partial charge in [0, 0.05) is 45.4 Å². The molecule has 1 aromatic rings. The molecule has 0 saturated carbocycles. The lowest BCUT2D eigenvalue weighted by molar-refractivity contribution is -0.140. The molecule has 0 aliphatic carbocycles. The summed E-state index contributed by atoms with van der Waals surface area (Å²) in [6, 6.07) is 7.83. The van der Waals surface area contributed by atoms with Crippen molar-refractivity contribution in [2.45, 2.75) is 39.5 Å². The lowest BCUT2D eigenvalue weighted by Crippen LogP contribution is -2.50. The molecule has 1 aromatic carbocycles. The summed E-state index contributed by atoms with van der Waals surface area (Å²) in [6.07, 6.45) is 1.67. The maximum atomic E-state index is 12.3. The highest BCUT2D eigenvalue weighted by molar-refractivity contribution is 5.84. The lowest BCUT2D eigenvalue weighted by Gasteiger charge is -2.35. The Labute approximate surface area is 155 Å². The molecule has 0 bridgehead atoms. The molecule has 2 rings (SSSR count). The smallest absolute Gasteiger partial charge is 0.223 e. The normalized spacial score (nSPS) is 14.2. The van der Waals surface area contributed by atoms with E-state index in [0.29, 0.717) is 52.0 Å². The first-order valence-corrected chi connectivity index (χ1v) is 9.21. The number of carbonyl (C=O) groups is 3. The van der Waals surface area contributed by atoms with Crippen LogP contribution in [0, 0.1) is 6.92 Å². The number of carbonyl (C=O) groups excluding carboxylic acids is 3. The summed E-state index contributed by atoms with van der Waals surface area (Å²) in [5.41, 5.74) is 1.09. The number of nitrogens with zero attached hydrogens (tertiary/aromatic N) is 2. The predicted octanol–water partition coefficient (Wildman–Crippen LogP) is 2.19. The fourth-order valence-corrected chi connectivity index (χ4v) is 2.93. The van der Waals surface area contributed by atoms with E-state index >= 15 is 0 Å². The number of para-hydroxylation sites is 1. The Balaban J connectivity index is 1.64. The number of ketones is 1. The minimum atomic E-state index is -0.000991. The molecule has 1 heterocycles. The van der Waals surface area contributed by atoms with Crippen LogP contribution in [0.3, 0.4) is 0 Å². The van der Waals surface area contributed by atoms with E-state index in [4.69, 9.17) is 4.74 Å². The Morgan fingerprint density at radius 1 is 0.923 bits per heavy atom. The van der Waals surface area contributed by atoms with Crippen LogP contribution in [-0.4, -0.2) is 60.2 Å². The van der Waals surface area contributed by atoms with Crippen LogP contribution in [0.15, 0.2) is 24.3 Å². The van der Waals surface area contributed by atoms with E-state index in [0.717, 1.165) is 11.3 Å². The van der Waals surface area contributed by atoms with Gasteiger partial charge in [-0.1, -0.05) is 18.2 Å². The molecule has 1 aliphatic heterocycles. The summed E-state index contributed by atoms with van der Waals surface area (Å²) in [5, 5.41) is 0. The standard InChI is InChI=1S/C20H28N2O4/c1-16-6-3-4-7-18(16)26-15-5-8-19(24)21-11-13-22(14-12-21)20(25)10-9-17(2)23/h3-4,6-7H,5,8-15H2,1-2H3. The molecular formula is C20H28N2O4. The Hall–Kier alpha value is -2.37. The summed E-state index contributed by atoms with van der Waals surface area (Å²) in [6.45, 7) is 6.21. The maximum Gasteiger partial charge on any atom is 0.223 e. The molecule has 6 heteroatoms. The number of aryl methyl sites for hydroxylation is 1. The second kappa shape index (κ2) is 9.94. The molecule has 142 valence electrons. The SMILES string of the molecule is CC(=O)CCC(=O)N1CCN(C(=O)CCCOc2ccccc2C)CC1. The Bertz CT molecular complexity index is 636. The fourth-order valence-electron chi connectivity index (χ4n) is 2.93. The Morgan fingerprint density at radius 2 is 1.50 bits per heavy atom. The van der Waals surface area contributed by atoms with Gasteiger partial charge in [-0.25, -0.2) is 0 Å². The topological polar surface area (TPSA) is 66.9 Å². The molecule has 26 heavy (non-hydrogen) atoms. The van der Waals surface area contributed by atoms with E-state index in [1.165, 1.54) is 6.92 Å². The van der Waals surface area contributed by atoms with Gasteiger partial charge in [0.2, 0.25) is 11.8 Å². The van der Waals surface area contributed by atoms with Crippen molar-refractivity contribution in [2.24, 2.45) is 0 Å². The third-order valence-electron chi connectivity index (χ3n) is 4.56. The predicted molar refractivity (Wildman–Crippen MR) is 99.0 cm³/mol. The molecule has 0 atom stereocenters. The zero-order valence-electron chi connectivity index (χ0n) is 15.7. The van der Waals surface area contributed by atoms with Gasteiger partial charge in [0.25, 0.3) is 0 Å². The molecule has 1 aliphatic rings.